The second-order valence-electron chi connectivity index (χ2n) is 5.69. The van der Waals surface area contributed by atoms with Crippen molar-refractivity contribution in [2.24, 2.45) is 0 Å². The third-order valence-electron chi connectivity index (χ3n) is 3.76. The van der Waals surface area contributed by atoms with Crippen LogP contribution >= 0.6 is 11.6 Å². The van der Waals surface area contributed by atoms with Gasteiger partial charge in [0, 0.05) is 30.6 Å². The first-order valence-electron chi connectivity index (χ1n) is 7.15. The van der Waals surface area contributed by atoms with Gasteiger partial charge >= 0.3 is 0 Å². The third-order valence-corrected chi connectivity index (χ3v) is 3.95. The summed E-state index contributed by atoms with van der Waals surface area (Å²) in [5, 5.41) is 4.64. The van der Waals surface area contributed by atoms with Crippen molar-refractivity contribution in [1.29, 1.82) is 0 Å². The normalized spacial score (nSPS) is 22.5. The quantitative estimate of drug-likeness (QED) is 0.824. The van der Waals surface area contributed by atoms with Crippen LogP contribution in [0, 0.1) is 0 Å². The molecule has 1 aromatic heterocycles. The molecule has 1 fully saturated rings. The standard InChI is InChI=1S/C16H18ClN3O/c1-10-8-20(9-11(2)18-10)16(21)13-7-15(17)19-14-6-4-3-5-12(13)14/h3-7,10-11,18H,8-9H2,1-2H3/t10-,11+. The Kier molecular flexibility index (Phi) is 3.83. The minimum absolute atomic E-state index is 0.0238. The highest BCUT2D eigenvalue weighted by atomic mass is 35.5. The van der Waals surface area contributed by atoms with Crippen LogP contribution in [0.4, 0.5) is 0 Å². The Labute approximate surface area is 129 Å². The number of aromatic nitrogens is 1. The van der Waals surface area contributed by atoms with Crippen molar-refractivity contribution in [2.75, 3.05) is 13.1 Å². The summed E-state index contributed by atoms with van der Waals surface area (Å²) in [6.07, 6.45) is 0. The van der Waals surface area contributed by atoms with Crippen molar-refractivity contribution < 1.29 is 4.79 Å². The summed E-state index contributed by atoms with van der Waals surface area (Å²) in [5.74, 6) is 0.0238. The topological polar surface area (TPSA) is 45.2 Å². The monoisotopic (exact) mass is 303 g/mol. The van der Waals surface area contributed by atoms with Gasteiger partial charge in [0.15, 0.2) is 0 Å². The fourth-order valence-electron chi connectivity index (χ4n) is 2.98. The fraction of sp³-hybridized carbons (Fsp3) is 0.375. The van der Waals surface area contributed by atoms with Crippen LogP contribution in [-0.4, -0.2) is 41.0 Å². The highest BCUT2D eigenvalue weighted by molar-refractivity contribution is 6.30. The molecule has 2 atom stereocenters. The molecule has 2 aromatic rings. The van der Waals surface area contributed by atoms with E-state index in [4.69, 9.17) is 11.6 Å². The molecule has 110 valence electrons. The summed E-state index contributed by atoms with van der Waals surface area (Å²) < 4.78 is 0. The van der Waals surface area contributed by atoms with Gasteiger partial charge in [0.2, 0.25) is 0 Å². The molecule has 0 aliphatic carbocycles. The van der Waals surface area contributed by atoms with Crippen LogP contribution in [0.1, 0.15) is 24.2 Å². The molecule has 1 aliphatic rings. The minimum atomic E-state index is 0.0238. The maximum absolute atomic E-state index is 12.9. The maximum atomic E-state index is 12.9. The van der Waals surface area contributed by atoms with Crippen molar-refractivity contribution in [1.82, 2.24) is 15.2 Å². The van der Waals surface area contributed by atoms with Gasteiger partial charge in [0.25, 0.3) is 5.91 Å². The van der Waals surface area contributed by atoms with E-state index in [1.807, 2.05) is 29.2 Å². The number of para-hydroxylation sites is 1. The number of carbonyl (C=O) groups excluding carboxylic acids is 1. The van der Waals surface area contributed by atoms with E-state index in [0.717, 1.165) is 10.9 Å². The number of nitrogens with one attached hydrogen (secondary N) is 1. The Morgan fingerprint density at radius 3 is 2.67 bits per heavy atom. The molecule has 0 unspecified atom stereocenters. The minimum Gasteiger partial charge on any atom is -0.336 e. The Morgan fingerprint density at radius 2 is 1.95 bits per heavy atom. The van der Waals surface area contributed by atoms with Gasteiger partial charge in [0.05, 0.1) is 11.1 Å². The molecule has 1 saturated heterocycles. The van der Waals surface area contributed by atoms with Gasteiger partial charge < -0.3 is 10.2 Å². The largest absolute Gasteiger partial charge is 0.336 e. The van der Waals surface area contributed by atoms with Crippen molar-refractivity contribution in [3.63, 3.8) is 0 Å². The molecule has 0 radical (unpaired) electrons. The van der Waals surface area contributed by atoms with Gasteiger partial charge in [-0.25, -0.2) is 4.98 Å². The number of hydrogen-bond donors (Lipinski definition) is 1. The molecule has 0 saturated carbocycles. The molecule has 1 aromatic carbocycles. The van der Waals surface area contributed by atoms with E-state index >= 15 is 0 Å². The van der Waals surface area contributed by atoms with Gasteiger partial charge in [-0.05, 0) is 26.0 Å². The summed E-state index contributed by atoms with van der Waals surface area (Å²) >= 11 is 6.07. The van der Waals surface area contributed by atoms with E-state index in [0.29, 0.717) is 35.9 Å². The molecule has 0 bridgehead atoms. The van der Waals surface area contributed by atoms with E-state index < -0.39 is 0 Å². The van der Waals surface area contributed by atoms with Crippen molar-refractivity contribution in [3.05, 3.63) is 41.0 Å². The summed E-state index contributed by atoms with van der Waals surface area (Å²) in [4.78, 5) is 19.0. The Balaban J connectivity index is 2.01. The third kappa shape index (κ3) is 2.87. The Hall–Kier alpha value is -1.65. The molecule has 1 N–H and O–H groups in total. The molecule has 21 heavy (non-hydrogen) atoms. The van der Waals surface area contributed by atoms with Crippen LogP contribution in [0.3, 0.4) is 0 Å². The first-order valence-corrected chi connectivity index (χ1v) is 7.53. The zero-order valence-electron chi connectivity index (χ0n) is 12.1. The van der Waals surface area contributed by atoms with Crippen molar-refractivity contribution in [3.8, 4) is 0 Å². The number of halogens is 1. The lowest BCUT2D eigenvalue weighted by Crippen LogP contribution is -2.55. The second kappa shape index (κ2) is 5.62. The molecule has 1 aliphatic heterocycles. The van der Waals surface area contributed by atoms with E-state index in [1.54, 1.807) is 6.07 Å². The predicted molar refractivity (Wildman–Crippen MR) is 84.7 cm³/mol. The summed E-state index contributed by atoms with van der Waals surface area (Å²) in [7, 11) is 0. The van der Waals surface area contributed by atoms with Crippen LogP contribution in [0.25, 0.3) is 10.9 Å². The molecular formula is C16H18ClN3O. The van der Waals surface area contributed by atoms with E-state index in [1.165, 1.54) is 0 Å². The highest BCUT2D eigenvalue weighted by Crippen LogP contribution is 2.23. The number of carbonyl (C=O) groups is 1. The van der Waals surface area contributed by atoms with Crippen LogP contribution in [0.2, 0.25) is 5.15 Å². The number of piperazine rings is 1. The van der Waals surface area contributed by atoms with Crippen LogP contribution < -0.4 is 5.32 Å². The van der Waals surface area contributed by atoms with E-state index in [9.17, 15) is 4.79 Å². The molecular weight excluding hydrogens is 286 g/mol. The maximum Gasteiger partial charge on any atom is 0.254 e. The van der Waals surface area contributed by atoms with Crippen LogP contribution in [0.5, 0.6) is 0 Å². The number of fused-ring (bicyclic) bond motifs is 1. The Morgan fingerprint density at radius 1 is 1.29 bits per heavy atom. The zero-order valence-corrected chi connectivity index (χ0v) is 12.9. The summed E-state index contributed by atoms with van der Waals surface area (Å²) in [5.41, 5.74) is 1.39. The zero-order chi connectivity index (χ0) is 15.0. The highest BCUT2D eigenvalue weighted by Gasteiger charge is 2.26. The van der Waals surface area contributed by atoms with Crippen molar-refractivity contribution in [2.45, 2.75) is 25.9 Å². The molecule has 3 rings (SSSR count). The second-order valence-corrected chi connectivity index (χ2v) is 6.08. The predicted octanol–water partition coefficient (Wildman–Crippen LogP) is 2.71. The lowest BCUT2D eigenvalue weighted by Gasteiger charge is -2.36. The molecule has 2 heterocycles. The average molecular weight is 304 g/mol. The fourth-order valence-corrected chi connectivity index (χ4v) is 3.18. The molecule has 5 heteroatoms. The average Bonchev–Trinajstić information content (AvgIpc) is 2.44. The number of hydrogen-bond acceptors (Lipinski definition) is 3. The number of amides is 1. The molecule has 0 spiro atoms. The number of rotatable bonds is 1. The van der Waals surface area contributed by atoms with Crippen molar-refractivity contribution >= 4 is 28.4 Å². The summed E-state index contributed by atoms with van der Waals surface area (Å²) in [6, 6.07) is 9.86. The van der Waals surface area contributed by atoms with Gasteiger partial charge in [0.1, 0.15) is 5.15 Å². The summed E-state index contributed by atoms with van der Waals surface area (Å²) in [6.45, 7) is 5.59. The van der Waals surface area contributed by atoms with Gasteiger partial charge in [-0.1, -0.05) is 29.8 Å². The SMILES string of the molecule is C[C@@H]1CN(C(=O)c2cc(Cl)nc3ccccc23)C[C@H](C)N1. The lowest BCUT2D eigenvalue weighted by atomic mass is 10.1. The number of pyridine rings is 1. The number of benzene rings is 1. The van der Waals surface area contributed by atoms with Gasteiger partial charge in [-0.3, -0.25) is 4.79 Å². The van der Waals surface area contributed by atoms with Gasteiger partial charge in [-0.15, -0.1) is 0 Å². The lowest BCUT2D eigenvalue weighted by molar-refractivity contribution is 0.0675. The van der Waals surface area contributed by atoms with Crippen LogP contribution in [-0.2, 0) is 0 Å². The first kappa shape index (κ1) is 14.3. The van der Waals surface area contributed by atoms with Crippen LogP contribution in [0.15, 0.2) is 30.3 Å². The number of nitrogens with zero attached hydrogens (tertiary/aromatic N) is 2. The van der Waals surface area contributed by atoms with Gasteiger partial charge in [-0.2, -0.15) is 0 Å². The Bertz CT molecular complexity index is 678. The van der Waals surface area contributed by atoms with E-state index in [2.05, 4.69) is 24.1 Å². The molecule has 4 nitrogen and oxygen atoms in total. The first-order chi connectivity index (χ1) is 10.0. The molecule has 1 amide bonds. The van der Waals surface area contributed by atoms with E-state index in [-0.39, 0.29) is 5.91 Å². The smallest absolute Gasteiger partial charge is 0.254 e.